The van der Waals surface area contributed by atoms with Crippen LogP contribution in [0.25, 0.3) is 11.1 Å². The SMILES string of the molecule is COc1c(C(C)(C)C)cc(P(c2cc(C(C)(C)C)c(OC)c(C(C)(C)C)c2)c2cccc(CO)c2-c2c(CO)cccc2P(c2cc(C(C)(C)C)c(OC)c(C(C)(C)C)c2)c2cc(C(C)(C)C)c(OC)c(C(C)(C)C)c2)cc1C(C)(C)C. The second-order valence-electron chi connectivity index (χ2n) is 30.9. The summed E-state index contributed by atoms with van der Waals surface area (Å²) in [6.07, 6.45) is 0. The zero-order valence-electron chi connectivity index (χ0n) is 55.9. The van der Waals surface area contributed by atoms with E-state index < -0.39 is 15.8 Å². The molecule has 0 bridgehead atoms. The molecule has 2 N–H and O–H groups in total. The molecule has 0 aliphatic rings. The van der Waals surface area contributed by atoms with Gasteiger partial charge in [0.05, 0.1) is 41.7 Å². The second kappa shape index (κ2) is 23.6. The van der Waals surface area contributed by atoms with Crippen molar-refractivity contribution in [2.45, 2.75) is 223 Å². The van der Waals surface area contributed by atoms with Crippen molar-refractivity contribution in [3.8, 4) is 34.1 Å². The lowest BCUT2D eigenvalue weighted by molar-refractivity contribution is 0.280. The number of aliphatic hydroxyl groups excluding tert-OH is 2. The number of ether oxygens (including phenoxy) is 4. The zero-order chi connectivity index (χ0) is 62.0. The average molecular weight is 1150 g/mol. The van der Waals surface area contributed by atoms with Crippen LogP contribution in [-0.2, 0) is 56.5 Å². The quantitative estimate of drug-likeness (QED) is 0.112. The third kappa shape index (κ3) is 13.5. The number of hydrogen-bond donors (Lipinski definition) is 2. The Kier molecular flexibility index (Phi) is 19.1. The largest absolute Gasteiger partial charge is 0.496 e. The molecule has 0 aliphatic heterocycles. The number of rotatable bonds is 13. The van der Waals surface area contributed by atoms with Gasteiger partial charge in [-0.1, -0.05) is 203 Å². The van der Waals surface area contributed by atoms with E-state index in [-0.39, 0.29) is 56.5 Å². The van der Waals surface area contributed by atoms with Gasteiger partial charge in [0.15, 0.2) is 0 Å². The van der Waals surface area contributed by atoms with Gasteiger partial charge >= 0.3 is 0 Å². The van der Waals surface area contributed by atoms with Gasteiger partial charge in [-0.15, -0.1) is 0 Å². The van der Waals surface area contributed by atoms with Crippen LogP contribution in [0.1, 0.15) is 222 Å². The maximum Gasteiger partial charge on any atom is 0.126 e. The molecule has 446 valence electrons. The highest BCUT2D eigenvalue weighted by molar-refractivity contribution is 7.80. The van der Waals surface area contributed by atoms with Crippen LogP contribution in [0.15, 0.2) is 84.9 Å². The molecule has 0 unspecified atom stereocenters. The molecule has 8 heteroatoms. The van der Waals surface area contributed by atoms with Gasteiger partial charge < -0.3 is 29.2 Å². The van der Waals surface area contributed by atoms with Crippen molar-refractivity contribution in [1.82, 2.24) is 0 Å². The van der Waals surface area contributed by atoms with Crippen LogP contribution in [0, 0.1) is 0 Å². The number of methoxy groups -OCH3 is 4. The fourth-order valence-corrected chi connectivity index (χ4v) is 16.8. The molecule has 0 fully saturated rings. The summed E-state index contributed by atoms with van der Waals surface area (Å²) < 4.78 is 25.9. The molecule has 0 amide bonds. The number of benzene rings is 6. The lowest BCUT2D eigenvalue weighted by Crippen LogP contribution is -2.32. The van der Waals surface area contributed by atoms with E-state index in [0.29, 0.717) is 0 Å². The van der Waals surface area contributed by atoms with Gasteiger partial charge in [0.1, 0.15) is 23.0 Å². The minimum absolute atomic E-state index is 0.217. The minimum Gasteiger partial charge on any atom is -0.496 e. The molecular weight excluding hydrogens is 1050 g/mol. The lowest BCUT2D eigenvalue weighted by Gasteiger charge is -2.36. The Bertz CT molecular complexity index is 2760. The molecule has 0 atom stereocenters. The highest BCUT2D eigenvalue weighted by Crippen LogP contribution is 2.52. The molecule has 0 saturated heterocycles. The predicted molar refractivity (Wildman–Crippen MR) is 357 cm³/mol. The van der Waals surface area contributed by atoms with E-state index in [1.54, 1.807) is 28.4 Å². The van der Waals surface area contributed by atoms with Gasteiger partial charge in [-0.25, -0.2) is 0 Å². The van der Waals surface area contributed by atoms with Crippen LogP contribution in [0.4, 0.5) is 0 Å². The molecule has 0 radical (unpaired) electrons. The van der Waals surface area contributed by atoms with Crippen molar-refractivity contribution < 1.29 is 29.2 Å². The molecule has 0 saturated carbocycles. The van der Waals surface area contributed by atoms with Crippen LogP contribution in [0.5, 0.6) is 23.0 Å². The van der Waals surface area contributed by atoms with Crippen molar-refractivity contribution in [2.24, 2.45) is 0 Å². The van der Waals surface area contributed by atoms with Gasteiger partial charge in [-0.2, -0.15) is 0 Å². The van der Waals surface area contributed by atoms with Crippen molar-refractivity contribution in [3.05, 3.63) is 141 Å². The standard InChI is InChI=1S/C74H104O6P2/c1-67(2,3)51-35-47(36-52(63(51)77-25)68(4,5)6)81(48-37-53(69(7,8)9)64(78-26)54(38-48)70(10,11)12)59-33-29-31-45(43-75)61(59)62-46(44-76)32-30-34-60(62)82(49-39-55(71(13,14)15)65(79-27)56(40-49)72(16,17)18)50-41-57(73(19,20)21)66(80-28)58(42-50)74(22,23)24/h29-42,75-76H,43-44H2,1-28H3. The van der Waals surface area contributed by atoms with Gasteiger partial charge in [0.25, 0.3) is 0 Å². The third-order valence-corrected chi connectivity index (χ3v) is 20.7. The van der Waals surface area contributed by atoms with Crippen LogP contribution in [0.3, 0.4) is 0 Å². The van der Waals surface area contributed by atoms with Gasteiger partial charge in [0, 0.05) is 44.5 Å². The van der Waals surface area contributed by atoms with Crippen molar-refractivity contribution in [2.75, 3.05) is 28.4 Å². The van der Waals surface area contributed by atoms with Crippen molar-refractivity contribution in [1.29, 1.82) is 0 Å². The number of hydrogen-bond acceptors (Lipinski definition) is 6. The molecule has 82 heavy (non-hydrogen) atoms. The molecule has 0 aliphatic carbocycles. The lowest BCUT2D eigenvalue weighted by atomic mass is 9.79. The van der Waals surface area contributed by atoms with E-state index in [0.717, 1.165) is 100 Å². The van der Waals surface area contributed by atoms with E-state index >= 15 is 0 Å². The van der Waals surface area contributed by atoms with Crippen LogP contribution in [-0.4, -0.2) is 38.7 Å². The van der Waals surface area contributed by atoms with E-state index in [1.165, 1.54) is 21.2 Å². The van der Waals surface area contributed by atoms with Crippen molar-refractivity contribution >= 4 is 47.7 Å². The van der Waals surface area contributed by atoms with E-state index in [1.807, 2.05) is 0 Å². The summed E-state index contributed by atoms with van der Waals surface area (Å²) in [5, 5.41) is 31.1. The Hall–Kier alpha value is -4.70. The first kappa shape index (κ1) is 66.4. The summed E-state index contributed by atoms with van der Waals surface area (Å²) in [7, 11) is 4.26. The molecule has 6 rings (SSSR count). The second-order valence-corrected chi connectivity index (χ2v) is 35.3. The normalized spacial score (nSPS) is 13.3. The molecule has 0 heterocycles. The van der Waals surface area contributed by atoms with Crippen molar-refractivity contribution in [3.63, 3.8) is 0 Å². The first-order valence-corrected chi connectivity index (χ1v) is 32.2. The summed E-state index contributed by atoms with van der Waals surface area (Å²) in [5.41, 5.74) is 10.3. The fourth-order valence-electron chi connectivity index (χ4n) is 11.5. The first-order valence-electron chi connectivity index (χ1n) is 29.5. The average Bonchev–Trinajstić information content (AvgIpc) is 3.35. The van der Waals surface area contributed by atoms with Gasteiger partial charge in [0.2, 0.25) is 0 Å². The van der Waals surface area contributed by atoms with Gasteiger partial charge in [-0.05, 0) is 162 Å². The van der Waals surface area contributed by atoms with E-state index in [2.05, 4.69) is 251 Å². The molecule has 6 nitrogen and oxygen atoms in total. The maximum atomic E-state index is 12.1. The highest BCUT2D eigenvalue weighted by atomic mass is 31.1. The maximum absolute atomic E-state index is 12.1. The number of aliphatic hydroxyl groups is 2. The Morgan fingerprint density at radius 1 is 0.293 bits per heavy atom. The van der Waals surface area contributed by atoms with E-state index in [9.17, 15) is 10.2 Å². The topological polar surface area (TPSA) is 77.4 Å². The molecule has 0 aromatic heterocycles. The molecule has 6 aromatic carbocycles. The first-order chi connectivity index (χ1) is 37.5. The molecular formula is C74H104O6P2. The Morgan fingerprint density at radius 3 is 0.598 bits per heavy atom. The van der Waals surface area contributed by atoms with Crippen LogP contribution in [0.2, 0.25) is 0 Å². The predicted octanol–water partition coefficient (Wildman–Crippen LogP) is 16.3. The Morgan fingerprint density at radius 2 is 0.463 bits per heavy atom. The Balaban J connectivity index is 2.01. The fraction of sp³-hybridized carbons (Fsp3) is 0.514. The molecule has 6 aromatic rings. The van der Waals surface area contributed by atoms with E-state index in [4.69, 9.17) is 18.9 Å². The molecule has 0 spiro atoms. The Labute approximate surface area is 500 Å². The summed E-state index contributed by atoms with van der Waals surface area (Å²) in [4.78, 5) is 0. The monoisotopic (exact) mass is 1150 g/mol. The highest BCUT2D eigenvalue weighted by Gasteiger charge is 2.38. The summed E-state index contributed by atoms with van der Waals surface area (Å²) in [6.45, 7) is 54.2. The summed E-state index contributed by atoms with van der Waals surface area (Å²) in [5.74, 6) is 3.65. The third-order valence-electron chi connectivity index (χ3n) is 15.9. The smallest absolute Gasteiger partial charge is 0.126 e. The van der Waals surface area contributed by atoms with Crippen LogP contribution < -0.4 is 50.8 Å². The summed E-state index contributed by atoms with van der Waals surface area (Å²) in [6, 6.07) is 32.4. The minimum atomic E-state index is -1.48. The zero-order valence-corrected chi connectivity index (χ0v) is 57.7. The van der Waals surface area contributed by atoms with Crippen LogP contribution >= 0.6 is 15.8 Å². The van der Waals surface area contributed by atoms with Gasteiger partial charge in [-0.3, -0.25) is 0 Å². The summed E-state index contributed by atoms with van der Waals surface area (Å²) >= 11 is 0.